The second kappa shape index (κ2) is 9.03. The maximum Gasteiger partial charge on any atom is 0.389 e. The Bertz CT molecular complexity index is 353. The van der Waals surface area contributed by atoms with Gasteiger partial charge in [-0.15, -0.1) is 10.9 Å². The maximum absolute atomic E-state index is 11.7. The second-order valence-corrected chi connectivity index (χ2v) is 4.93. The van der Waals surface area contributed by atoms with Crippen molar-refractivity contribution < 1.29 is 27.2 Å². The Hall–Kier alpha value is -0.960. The molecule has 0 heterocycles. The van der Waals surface area contributed by atoms with Crippen molar-refractivity contribution in [3.05, 3.63) is 12.7 Å². The van der Waals surface area contributed by atoms with Crippen LogP contribution in [0.5, 0.6) is 0 Å². The molecule has 18 heavy (non-hydrogen) atoms. The van der Waals surface area contributed by atoms with Gasteiger partial charge in [0.15, 0.2) is 0 Å². The van der Waals surface area contributed by atoms with Crippen LogP contribution in [0.3, 0.4) is 0 Å². The standard InChI is InChI=1S/C10H19NO6S/c1-3-5-6-11(9-16-7-4-2)18(14,15)17-10(13)8-12/h4,12H,2-3,5-9H2,1H3. The molecule has 7 nitrogen and oxygen atoms in total. The number of carbonyl (C=O) groups excluding carboxylic acids is 1. The maximum atomic E-state index is 11.7. The average Bonchev–Trinajstić information content (AvgIpc) is 2.32. The topological polar surface area (TPSA) is 93.1 Å². The third kappa shape index (κ3) is 6.70. The first-order chi connectivity index (χ1) is 8.47. The lowest BCUT2D eigenvalue weighted by atomic mass is 10.3. The first kappa shape index (κ1) is 17.0. The molecular formula is C10H19NO6S. The van der Waals surface area contributed by atoms with Gasteiger partial charge in [-0.1, -0.05) is 19.4 Å². The fourth-order valence-corrected chi connectivity index (χ4v) is 1.96. The van der Waals surface area contributed by atoms with Crippen LogP contribution in [0.4, 0.5) is 0 Å². The number of unbranched alkanes of at least 4 members (excludes halogenated alkanes) is 1. The van der Waals surface area contributed by atoms with Crippen molar-refractivity contribution in [3.8, 4) is 0 Å². The second-order valence-electron chi connectivity index (χ2n) is 3.39. The summed E-state index contributed by atoms with van der Waals surface area (Å²) in [5.74, 6) is -1.22. The minimum Gasteiger partial charge on any atom is -0.385 e. The predicted molar refractivity (Wildman–Crippen MR) is 64.7 cm³/mol. The molecule has 0 aromatic heterocycles. The van der Waals surface area contributed by atoms with Crippen LogP contribution < -0.4 is 0 Å². The van der Waals surface area contributed by atoms with Gasteiger partial charge in [0.25, 0.3) is 0 Å². The van der Waals surface area contributed by atoms with Gasteiger partial charge in [-0.3, -0.25) is 0 Å². The van der Waals surface area contributed by atoms with E-state index in [9.17, 15) is 13.2 Å². The number of aliphatic hydroxyl groups is 1. The molecule has 0 aliphatic heterocycles. The van der Waals surface area contributed by atoms with Crippen molar-refractivity contribution in [2.45, 2.75) is 19.8 Å². The molecule has 0 atom stereocenters. The van der Waals surface area contributed by atoms with Crippen LogP contribution in [0, 0.1) is 0 Å². The number of nitrogens with zero attached hydrogens (tertiary/aromatic N) is 1. The molecular weight excluding hydrogens is 262 g/mol. The van der Waals surface area contributed by atoms with Gasteiger partial charge in [-0.25, -0.2) is 4.79 Å². The van der Waals surface area contributed by atoms with Crippen molar-refractivity contribution >= 4 is 16.3 Å². The van der Waals surface area contributed by atoms with E-state index in [1.165, 1.54) is 6.08 Å². The molecule has 0 aliphatic rings. The van der Waals surface area contributed by atoms with E-state index >= 15 is 0 Å². The Labute approximate surface area is 107 Å². The highest BCUT2D eigenvalue weighted by Crippen LogP contribution is 2.06. The number of ether oxygens (including phenoxy) is 1. The third-order valence-electron chi connectivity index (χ3n) is 1.88. The molecule has 0 unspecified atom stereocenters. The molecule has 0 fully saturated rings. The highest BCUT2D eigenvalue weighted by atomic mass is 32.2. The van der Waals surface area contributed by atoms with Crippen LogP contribution >= 0.6 is 0 Å². The Morgan fingerprint density at radius 2 is 2.17 bits per heavy atom. The number of carbonyl (C=O) groups is 1. The van der Waals surface area contributed by atoms with E-state index in [-0.39, 0.29) is 19.9 Å². The highest BCUT2D eigenvalue weighted by Gasteiger charge is 2.25. The van der Waals surface area contributed by atoms with Gasteiger partial charge < -0.3 is 14.0 Å². The molecule has 1 N–H and O–H groups in total. The van der Waals surface area contributed by atoms with E-state index in [4.69, 9.17) is 9.84 Å². The summed E-state index contributed by atoms with van der Waals surface area (Å²) in [5, 5.41) is 8.47. The normalized spacial score (nSPS) is 11.5. The summed E-state index contributed by atoms with van der Waals surface area (Å²) in [5.41, 5.74) is 0. The lowest BCUT2D eigenvalue weighted by Gasteiger charge is -2.20. The molecule has 0 amide bonds. The molecule has 0 radical (unpaired) electrons. The molecule has 0 bridgehead atoms. The summed E-state index contributed by atoms with van der Waals surface area (Å²) in [4.78, 5) is 10.8. The molecule has 106 valence electrons. The molecule has 0 aliphatic carbocycles. The molecule has 8 heteroatoms. The smallest absolute Gasteiger partial charge is 0.385 e. The van der Waals surface area contributed by atoms with Crippen LogP contribution in [-0.4, -0.2) is 50.3 Å². The predicted octanol–water partition coefficient (Wildman–Crippen LogP) is 0.0289. The van der Waals surface area contributed by atoms with Crippen LogP contribution in [0.15, 0.2) is 12.7 Å². The van der Waals surface area contributed by atoms with E-state index in [0.717, 1.165) is 10.7 Å². The SMILES string of the molecule is C=CCOCN(CCCC)S(=O)(=O)OC(=O)CO. The van der Waals surface area contributed by atoms with Crippen LogP contribution in [0.1, 0.15) is 19.8 Å². The Balaban J connectivity index is 4.58. The molecule has 0 saturated heterocycles. The average molecular weight is 281 g/mol. The van der Waals surface area contributed by atoms with Gasteiger partial charge in [0.05, 0.1) is 6.61 Å². The zero-order valence-electron chi connectivity index (χ0n) is 10.4. The first-order valence-corrected chi connectivity index (χ1v) is 6.86. The summed E-state index contributed by atoms with van der Waals surface area (Å²) in [6.07, 6.45) is 2.86. The van der Waals surface area contributed by atoms with Gasteiger partial charge >= 0.3 is 16.3 Å². The summed E-state index contributed by atoms with van der Waals surface area (Å²) in [6.45, 7) is 4.47. The van der Waals surface area contributed by atoms with Crippen molar-refractivity contribution in [2.24, 2.45) is 0 Å². The quantitative estimate of drug-likeness (QED) is 0.345. The van der Waals surface area contributed by atoms with Crippen molar-refractivity contribution in [1.29, 1.82) is 0 Å². The minimum atomic E-state index is -4.22. The van der Waals surface area contributed by atoms with Gasteiger partial charge in [0, 0.05) is 6.54 Å². The summed E-state index contributed by atoms with van der Waals surface area (Å²) < 4.78 is 33.4. The Morgan fingerprint density at radius 1 is 1.50 bits per heavy atom. The largest absolute Gasteiger partial charge is 0.389 e. The first-order valence-electron chi connectivity index (χ1n) is 5.49. The Morgan fingerprint density at radius 3 is 2.67 bits per heavy atom. The summed E-state index contributed by atoms with van der Waals surface area (Å²) in [7, 11) is -4.22. The minimum absolute atomic E-state index is 0.175. The zero-order valence-corrected chi connectivity index (χ0v) is 11.2. The van der Waals surface area contributed by atoms with E-state index in [1.54, 1.807) is 0 Å². The van der Waals surface area contributed by atoms with Gasteiger partial charge in [0.2, 0.25) is 0 Å². The molecule has 0 saturated carbocycles. The summed E-state index contributed by atoms with van der Waals surface area (Å²) in [6, 6.07) is 0. The fourth-order valence-electron chi connectivity index (χ4n) is 1.01. The van der Waals surface area contributed by atoms with E-state index in [1.807, 2.05) is 6.92 Å². The number of hydrogen-bond acceptors (Lipinski definition) is 6. The lowest BCUT2D eigenvalue weighted by molar-refractivity contribution is -0.137. The fraction of sp³-hybridized carbons (Fsp3) is 0.700. The molecule has 0 rings (SSSR count). The molecule has 0 aromatic carbocycles. The van der Waals surface area contributed by atoms with Crippen LogP contribution in [0.2, 0.25) is 0 Å². The monoisotopic (exact) mass is 281 g/mol. The number of rotatable bonds is 10. The van der Waals surface area contributed by atoms with E-state index < -0.39 is 22.9 Å². The summed E-state index contributed by atoms with van der Waals surface area (Å²) >= 11 is 0. The van der Waals surface area contributed by atoms with E-state index in [0.29, 0.717) is 6.42 Å². The van der Waals surface area contributed by atoms with Crippen molar-refractivity contribution in [2.75, 3.05) is 26.5 Å². The zero-order chi connectivity index (χ0) is 14.0. The number of hydrogen-bond donors (Lipinski definition) is 1. The van der Waals surface area contributed by atoms with E-state index in [2.05, 4.69) is 10.8 Å². The van der Waals surface area contributed by atoms with Crippen molar-refractivity contribution in [3.63, 3.8) is 0 Å². The van der Waals surface area contributed by atoms with Gasteiger partial charge in [-0.2, -0.15) is 8.42 Å². The van der Waals surface area contributed by atoms with Crippen molar-refractivity contribution in [1.82, 2.24) is 4.31 Å². The lowest BCUT2D eigenvalue weighted by Crippen LogP contribution is -2.37. The molecule has 0 aromatic rings. The van der Waals surface area contributed by atoms with Crippen LogP contribution in [0.25, 0.3) is 0 Å². The highest BCUT2D eigenvalue weighted by molar-refractivity contribution is 7.84. The Kier molecular flexibility index (Phi) is 8.55. The van der Waals surface area contributed by atoms with Crippen LogP contribution in [-0.2, 0) is 24.0 Å². The third-order valence-corrected chi connectivity index (χ3v) is 3.19. The van der Waals surface area contributed by atoms with Gasteiger partial charge in [0.1, 0.15) is 13.3 Å². The number of aliphatic hydroxyl groups excluding tert-OH is 1. The van der Waals surface area contributed by atoms with Gasteiger partial charge in [-0.05, 0) is 6.42 Å². The molecule has 0 spiro atoms.